The Bertz CT molecular complexity index is 570. The van der Waals surface area contributed by atoms with E-state index in [2.05, 4.69) is 34.7 Å². The number of hydrogen-bond donors (Lipinski definition) is 1. The minimum absolute atomic E-state index is 0.203. The lowest BCUT2D eigenvalue weighted by atomic mass is 9.93. The molecule has 0 aliphatic rings. The van der Waals surface area contributed by atoms with Gasteiger partial charge in [0.15, 0.2) is 0 Å². The lowest BCUT2D eigenvalue weighted by molar-refractivity contribution is 0.185. The van der Waals surface area contributed by atoms with Crippen molar-refractivity contribution in [3.8, 4) is 0 Å². The van der Waals surface area contributed by atoms with Gasteiger partial charge >= 0.3 is 0 Å². The van der Waals surface area contributed by atoms with Crippen molar-refractivity contribution in [2.24, 2.45) is 0 Å². The highest BCUT2D eigenvalue weighted by atomic mass is 35.5. The first-order chi connectivity index (χ1) is 10.0. The molecule has 0 bridgehead atoms. The van der Waals surface area contributed by atoms with Crippen molar-refractivity contribution in [2.45, 2.75) is 25.8 Å². The van der Waals surface area contributed by atoms with E-state index >= 15 is 0 Å². The largest absolute Gasteiger partial charge is 0.383 e. The maximum absolute atomic E-state index is 5.96. The van der Waals surface area contributed by atoms with Crippen LogP contribution in [0.5, 0.6) is 0 Å². The van der Waals surface area contributed by atoms with Gasteiger partial charge in [0.1, 0.15) is 5.01 Å². The van der Waals surface area contributed by atoms with Gasteiger partial charge in [-0.05, 0) is 38.0 Å². The number of nitrogens with zero attached hydrogens (tertiary/aromatic N) is 1. The highest BCUT2D eigenvalue weighted by Gasteiger charge is 2.29. The molecule has 21 heavy (non-hydrogen) atoms. The Morgan fingerprint density at radius 1 is 1.33 bits per heavy atom. The number of ether oxygens (including phenoxy) is 1. The van der Waals surface area contributed by atoms with E-state index < -0.39 is 0 Å². The molecule has 0 saturated heterocycles. The van der Waals surface area contributed by atoms with Crippen LogP contribution in [0.3, 0.4) is 0 Å². The van der Waals surface area contributed by atoms with Gasteiger partial charge in [-0.15, -0.1) is 11.3 Å². The number of nitrogens with one attached hydrogen (secondary N) is 1. The monoisotopic (exact) mass is 324 g/mol. The predicted octanol–water partition coefficient (Wildman–Crippen LogP) is 3.80. The molecule has 0 aliphatic carbocycles. The molecule has 1 unspecified atom stereocenters. The standard InChI is InChI=1S/C16H21ClN2OS/c1-12-11-21-15(19-12)16(2,18-8-9-20-3)10-13-4-6-14(17)7-5-13/h4-7,11,18H,8-10H2,1-3H3. The summed E-state index contributed by atoms with van der Waals surface area (Å²) in [4.78, 5) is 4.66. The summed E-state index contributed by atoms with van der Waals surface area (Å²) >= 11 is 7.66. The zero-order chi connectivity index (χ0) is 15.3. The number of rotatable bonds is 7. The average molecular weight is 325 g/mol. The molecule has 0 spiro atoms. The zero-order valence-corrected chi connectivity index (χ0v) is 14.2. The Hall–Kier alpha value is -0.940. The van der Waals surface area contributed by atoms with E-state index in [9.17, 15) is 0 Å². The van der Waals surface area contributed by atoms with Gasteiger partial charge in [-0.25, -0.2) is 4.98 Å². The van der Waals surface area contributed by atoms with E-state index in [-0.39, 0.29) is 5.54 Å². The molecule has 0 saturated carbocycles. The first kappa shape index (κ1) is 16.4. The fourth-order valence-corrected chi connectivity index (χ4v) is 3.32. The van der Waals surface area contributed by atoms with Crippen LogP contribution in [0.2, 0.25) is 5.02 Å². The van der Waals surface area contributed by atoms with E-state index in [1.165, 1.54) is 5.56 Å². The summed E-state index contributed by atoms with van der Waals surface area (Å²) in [5, 5.41) is 7.54. The van der Waals surface area contributed by atoms with Crippen LogP contribution in [-0.2, 0) is 16.7 Å². The summed E-state index contributed by atoms with van der Waals surface area (Å²) < 4.78 is 5.15. The normalized spacial score (nSPS) is 14.1. The van der Waals surface area contributed by atoms with E-state index in [4.69, 9.17) is 16.3 Å². The van der Waals surface area contributed by atoms with Crippen molar-refractivity contribution in [1.29, 1.82) is 0 Å². The Kier molecular flexibility index (Phi) is 5.76. The molecule has 1 N–H and O–H groups in total. The molecule has 2 rings (SSSR count). The third-order valence-corrected chi connectivity index (χ3v) is 4.86. The highest BCUT2D eigenvalue weighted by Crippen LogP contribution is 2.28. The number of hydrogen-bond acceptors (Lipinski definition) is 4. The zero-order valence-electron chi connectivity index (χ0n) is 12.6. The minimum Gasteiger partial charge on any atom is -0.383 e. The number of aromatic nitrogens is 1. The molecule has 1 aromatic heterocycles. The van der Waals surface area contributed by atoms with Gasteiger partial charge in [0, 0.05) is 29.8 Å². The molecule has 0 amide bonds. The number of thiazole rings is 1. The lowest BCUT2D eigenvalue weighted by Crippen LogP contribution is -2.43. The second kappa shape index (κ2) is 7.36. The molecular formula is C16H21ClN2OS. The molecule has 1 heterocycles. The smallest absolute Gasteiger partial charge is 0.113 e. The van der Waals surface area contributed by atoms with Crippen molar-refractivity contribution < 1.29 is 4.74 Å². The third-order valence-electron chi connectivity index (χ3n) is 3.38. The Labute approximate surface area is 135 Å². The average Bonchev–Trinajstić information content (AvgIpc) is 2.89. The molecule has 0 radical (unpaired) electrons. The SMILES string of the molecule is COCCNC(C)(Cc1ccc(Cl)cc1)c1nc(C)cs1. The molecule has 1 aromatic carbocycles. The third kappa shape index (κ3) is 4.51. The number of aryl methyl sites for hydroxylation is 1. The predicted molar refractivity (Wildman–Crippen MR) is 89.2 cm³/mol. The Balaban J connectivity index is 2.20. The summed E-state index contributed by atoms with van der Waals surface area (Å²) in [5.41, 5.74) is 2.09. The first-order valence-electron chi connectivity index (χ1n) is 6.94. The van der Waals surface area contributed by atoms with Gasteiger partial charge in [-0.1, -0.05) is 23.7 Å². The van der Waals surface area contributed by atoms with Gasteiger partial charge in [-0.2, -0.15) is 0 Å². The number of halogens is 1. The Morgan fingerprint density at radius 2 is 2.05 bits per heavy atom. The fraction of sp³-hybridized carbons (Fsp3) is 0.438. The van der Waals surface area contributed by atoms with Crippen molar-refractivity contribution >= 4 is 22.9 Å². The van der Waals surface area contributed by atoms with Gasteiger partial charge < -0.3 is 10.1 Å². The van der Waals surface area contributed by atoms with Crippen LogP contribution in [0.4, 0.5) is 0 Å². The fourth-order valence-electron chi connectivity index (χ4n) is 2.26. The number of benzene rings is 1. The molecule has 114 valence electrons. The first-order valence-corrected chi connectivity index (χ1v) is 8.20. The summed E-state index contributed by atoms with van der Waals surface area (Å²) in [5.74, 6) is 0. The van der Waals surface area contributed by atoms with E-state index in [0.717, 1.165) is 28.7 Å². The summed E-state index contributed by atoms with van der Waals surface area (Å²) in [6, 6.07) is 8.00. The summed E-state index contributed by atoms with van der Waals surface area (Å²) in [6.07, 6.45) is 0.862. The Morgan fingerprint density at radius 3 is 2.62 bits per heavy atom. The second-order valence-electron chi connectivity index (χ2n) is 5.35. The van der Waals surface area contributed by atoms with Crippen LogP contribution >= 0.6 is 22.9 Å². The van der Waals surface area contributed by atoms with E-state index in [1.54, 1.807) is 18.4 Å². The summed E-state index contributed by atoms with van der Waals surface area (Å²) in [7, 11) is 1.71. The highest BCUT2D eigenvalue weighted by molar-refractivity contribution is 7.09. The lowest BCUT2D eigenvalue weighted by Gasteiger charge is -2.29. The molecule has 3 nitrogen and oxygen atoms in total. The van der Waals surface area contributed by atoms with Gasteiger partial charge in [0.25, 0.3) is 0 Å². The van der Waals surface area contributed by atoms with Gasteiger partial charge in [-0.3, -0.25) is 0 Å². The van der Waals surface area contributed by atoms with E-state index in [1.807, 2.05) is 19.1 Å². The molecule has 2 aromatic rings. The summed E-state index contributed by atoms with van der Waals surface area (Å²) in [6.45, 7) is 5.69. The molecule has 0 aliphatic heterocycles. The van der Waals surface area contributed by atoms with Crippen molar-refractivity contribution in [3.63, 3.8) is 0 Å². The molecular weight excluding hydrogens is 304 g/mol. The molecule has 1 atom stereocenters. The van der Waals surface area contributed by atoms with Crippen molar-refractivity contribution in [1.82, 2.24) is 10.3 Å². The number of methoxy groups -OCH3 is 1. The molecule has 0 fully saturated rings. The van der Waals surface area contributed by atoms with Crippen LogP contribution in [0.15, 0.2) is 29.6 Å². The maximum atomic E-state index is 5.96. The maximum Gasteiger partial charge on any atom is 0.113 e. The van der Waals surface area contributed by atoms with Crippen LogP contribution < -0.4 is 5.32 Å². The van der Waals surface area contributed by atoms with Crippen LogP contribution in [0, 0.1) is 6.92 Å². The molecule has 5 heteroatoms. The van der Waals surface area contributed by atoms with Gasteiger partial charge in [0.2, 0.25) is 0 Å². The van der Waals surface area contributed by atoms with Gasteiger partial charge in [0.05, 0.1) is 12.1 Å². The second-order valence-corrected chi connectivity index (χ2v) is 6.64. The van der Waals surface area contributed by atoms with Crippen LogP contribution in [0.25, 0.3) is 0 Å². The van der Waals surface area contributed by atoms with E-state index in [0.29, 0.717) is 6.61 Å². The van der Waals surface area contributed by atoms with Crippen molar-refractivity contribution in [3.05, 3.63) is 50.9 Å². The minimum atomic E-state index is -0.203. The van der Waals surface area contributed by atoms with Crippen LogP contribution in [0.1, 0.15) is 23.2 Å². The topological polar surface area (TPSA) is 34.1 Å². The van der Waals surface area contributed by atoms with Crippen molar-refractivity contribution in [2.75, 3.05) is 20.3 Å². The quantitative estimate of drug-likeness (QED) is 0.787. The van der Waals surface area contributed by atoms with Crippen LogP contribution in [-0.4, -0.2) is 25.2 Å².